The summed E-state index contributed by atoms with van der Waals surface area (Å²) in [5, 5.41) is 3.03. The molecule has 1 heterocycles. The SMILES string of the molecule is CCOc1ccc(NS(=O)(=O)c2ccc(C(=O)NC[C@@H](c3ccc(OC)cc3)N3CCCC3)cc2)cc1. The van der Waals surface area contributed by atoms with Gasteiger partial charge in [-0.3, -0.25) is 14.4 Å². The highest BCUT2D eigenvalue weighted by molar-refractivity contribution is 7.92. The van der Waals surface area contributed by atoms with Crippen LogP contribution in [0, 0.1) is 0 Å². The fraction of sp³-hybridized carbons (Fsp3) is 0.321. The maximum Gasteiger partial charge on any atom is 0.261 e. The van der Waals surface area contributed by atoms with E-state index in [2.05, 4.69) is 14.9 Å². The number of ether oxygens (including phenoxy) is 2. The Bertz CT molecular complexity index is 1270. The van der Waals surface area contributed by atoms with Crippen LogP contribution in [0.2, 0.25) is 0 Å². The van der Waals surface area contributed by atoms with Gasteiger partial charge in [-0.2, -0.15) is 0 Å². The predicted octanol–water partition coefficient (Wildman–Crippen LogP) is 4.46. The Labute approximate surface area is 218 Å². The van der Waals surface area contributed by atoms with Crippen molar-refractivity contribution in [3.63, 3.8) is 0 Å². The van der Waals surface area contributed by atoms with E-state index in [0.29, 0.717) is 30.2 Å². The van der Waals surface area contributed by atoms with E-state index in [1.54, 1.807) is 31.4 Å². The number of carbonyl (C=O) groups is 1. The number of carbonyl (C=O) groups excluding carboxylic acids is 1. The molecule has 0 unspecified atom stereocenters. The average Bonchev–Trinajstić information content (AvgIpc) is 3.45. The first-order valence-corrected chi connectivity index (χ1v) is 13.9. The molecule has 9 heteroatoms. The van der Waals surface area contributed by atoms with Crippen molar-refractivity contribution in [1.82, 2.24) is 10.2 Å². The van der Waals surface area contributed by atoms with Gasteiger partial charge in [0.1, 0.15) is 11.5 Å². The summed E-state index contributed by atoms with van der Waals surface area (Å²) in [6, 6.07) is 20.6. The molecule has 0 aromatic heterocycles. The number of nitrogens with one attached hydrogen (secondary N) is 2. The minimum absolute atomic E-state index is 0.0512. The second-order valence-electron chi connectivity index (χ2n) is 8.83. The van der Waals surface area contributed by atoms with Crippen molar-refractivity contribution in [1.29, 1.82) is 0 Å². The topological polar surface area (TPSA) is 97.0 Å². The van der Waals surface area contributed by atoms with Crippen molar-refractivity contribution < 1.29 is 22.7 Å². The molecule has 8 nitrogen and oxygen atoms in total. The zero-order chi connectivity index (χ0) is 26.3. The maximum absolute atomic E-state index is 12.9. The minimum atomic E-state index is -3.80. The van der Waals surface area contributed by atoms with Crippen molar-refractivity contribution in [3.05, 3.63) is 83.9 Å². The lowest BCUT2D eigenvalue weighted by atomic mass is 10.0. The van der Waals surface area contributed by atoms with Crippen LogP contribution in [-0.2, 0) is 10.0 Å². The third-order valence-corrected chi connectivity index (χ3v) is 7.78. The molecule has 0 spiro atoms. The largest absolute Gasteiger partial charge is 0.497 e. The van der Waals surface area contributed by atoms with E-state index < -0.39 is 10.0 Å². The molecule has 1 aliphatic rings. The van der Waals surface area contributed by atoms with Crippen LogP contribution in [0.15, 0.2) is 77.7 Å². The van der Waals surface area contributed by atoms with E-state index in [1.165, 1.54) is 24.3 Å². The first kappa shape index (κ1) is 26.5. The predicted molar refractivity (Wildman–Crippen MR) is 144 cm³/mol. The van der Waals surface area contributed by atoms with Crippen LogP contribution >= 0.6 is 0 Å². The van der Waals surface area contributed by atoms with E-state index in [1.807, 2.05) is 31.2 Å². The van der Waals surface area contributed by atoms with E-state index in [-0.39, 0.29) is 16.8 Å². The van der Waals surface area contributed by atoms with Gasteiger partial charge >= 0.3 is 0 Å². The van der Waals surface area contributed by atoms with Gasteiger partial charge in [-0.05, 0) is 99.1 Å². The smallest absolute Gasteiger partial charge is 0.261 e. The van der Waals surface area contributed by atoms with E-state index in [4.69, 9.17) is 9.47 Å². The highest BCUT2D eigenvalue weighted by atomic mass is 32.2. The van der Waals surface area contributed by atoms with Gasteiger partial charge in [-0.1, -0.05) is 12.1 Å². The Morgan fingerprint density at radius 1 is 0.919 bits per heavy atom. The fourth-order valence-corrected chi connectivity index (χ4v) is 5.47. The molecule has 0 bridgehead atoms. The van der Waals surface area contributed by atoms with Crippen LogP contribution in [-0.4, -0.2) is 52.6 Å². The Hall–Kier alpha value is -3.56. The molecule has 0 radical (unpaired) electrons. The number of methoxy groups -OCH3 is 1. The maximum atomic E-state index is 12.9. The summed E-state index contributed by atoms with van der Waals surface area (Å²) in [5.74, 6) is 1.21. The van der Waals surface area contributed by atoms with Gasteiger partial charge in [0.15, 0.2) is 0 Å². The summed E-state index contributed by atoms with van der Waals surface area (Å²) in [5.41, 5.74) is 1.94. The molecular weight excluding hydrogens is 490 g/mol. The molecule has 0 saturated carbocycles. The molecule has 4 rings (SSSR count). The fourth-order valence-electron chi connectivity index (χ4n) is 4.41. The summed E-state index contributed by atoms with van der Waals surface area (Å²) >= 11 is 0. The van der Waals surface area contributed by atoms with Crippen LogP contribution in [0.4, 0.5) is 5.69 Å². The van der Waals surface area contributed by atoms with Crippen LogP contribution in [0.5, 0.6) is 11.5 Å². The average molecular weight is 524 g/mol. The van der Waals surface area contributed by atoms with Gasteiger partial charge in [-0.25, -0.2) is 8.42 Å². The Morgan fingerprint density at radius 2 is 1.54 bits per heavy atom. The molecule has 196 valence electrons. The molecule has 1 fully saturated rings. The van der Waals surface area contributed by atoms with Crippen molar-refractivity contribution in [2.75, 3.05) is 38.1 Å². The lowest BCUT2D eigenvalue weighted by Crippen LogP contribution is -2.36. The molecule has 3 aromatic rings. The van der Waals surface area contributed by atoms with Gasteiger partial charge in [0.25, 0.3) is 15.9 Å². The first-order chi connectivity index (χ1) is 17.9. The van der Waals surface area contributed by atoms with Gasteiger partial charge in [0, 0.05) is 17.8 Å². The third-order valence-electron chi connectivity index (χ3n) is 6.38. The van der Waals surface area contributed by atoms with Crippen molar-refractivity contribution >= 4 is 21.6 Å². The van der Waals surface area contributed by atoms with Gasteiger partial charge in [0.05, 0.1) is 24.7 Å². The number of hydrogen-bond donors (Lipinski definition) is 2. The molecule has 1 saturated heterocycles. The summed E-state index contributed by atoms with van der Waals surface area (Å²) in [4.78, 5) is 15.4. The second-order valence-corrected chi connectivity index (χ2v) is 10.5. The lowest BCUT2D eigenvalue weighted by molar-refractivity contribution is 0.0937. The molecule has 37 heavy (non-hydrogen) atoms. The quantitative estimate of drug-likeness (QED) is 0.385. The van der Waals surface area contributed by atoms with Crippen molar-refractivity contribution in [2.45, 2.75) is 30.7 Å². The van der Waals surface area contributed by atoms with Gasteiger partial charge in [-0.15, -0.1) is 0 Å². The number of benzene rings is 3. The normalized spacial score (nSPS) is 14.6. The summed E-state index contributed by atoms with van der Waals surface area (Å²) < 4.78 is 38.8. The lowest BCUT2D eigenvalue weighted by Gasteiger charge is -2.28. The van der Waals surface area contributed by atoms with Crippen LogP contribution in [0.3, 0.4) is 0 Å². The molecule has 3 aromatic carbocycles. The summed E-state index contributed by atoms with van der Waals surface area (Å²) in [7, 11) is -2.16. The zero-order valence-corrected chi connectivity index (χ0v) is 22.0. The highest BCUT2D eigenvalue weighted by Gasteiger charge is 2.24. The molecule has 1 amide bonds. The highest BCUT2D eigenvalue weighted by Crippen LogP contribution is 2.26. The Morgan fingerprint density at radius 3 is 2.14 bits per heavy atom. The summed E-state index contributed by atoms with van der Waals surface area (Å²) in [6.45, 7) is 4.84. The number of hydrogen-bond acceptors (Lipinski definition) is 6. The van der Waals surface area contributed by atoms with Crippen molar-refractivity contribution in [3.8, 4) is 11.5 Å². The number of likely N-dealkylation sites (tertiary alicyclic amines) is 1. The van der Waals surface area contributed by atoms with Crippen LogP contribution < -0.4 is 19.5 Å². The number of sulfonamides is 1. The van der Waals surface area contributed by atoms with Crippen molar-refractivity contribution in [2.24, 2.45) is 0 Å². The minimum Gasteiger partial charge on any atom is -0.497 e. The monoisotopic (exact) mass is 523 g/mol. The number of rotatable bonds is 11. The van der Waals surface area contributed by atoms with E-state index in [9.17, 15) is 13.2 Å². The van der Waals surface area contributed by atoms with E-state index in [0.717, 1.165) is 37.2 Å². The molecule has 0 aliphatic carbocycles. The number of nitrogens with zero attached hydrogens (tertiary/aromatic N) is 1. The van der Waals surface area contributed by atoms with Crippen LogP contribution in [0.25, 0.3) is 0 Å². The zero-order valence-electron chi connectivity index (χ0n) is 21.1. The number of anilines is 1. The second kappa shape index (κ2) is 12.1. The van der Waals surface area contributed by atoms with Gasteiger partial charge < -0.3 is 14.8 Å². The number of amides is 1. The first-order valence-electron chi connectivity index (χ1n) is 12.4. The molecule has 1 aliphatic heterocycles. The van der Waals surface area contributed by atoms with Crippen LogP contribution in [0.1, 0.15) is 41.7 Å². The Balaban J connectivity index is 1.40. The Kier molecular flexibility index (Phi) is 8.68. The standard InChI is InChI=1S/C28H33N3O5S/c1-3-36-25-14-10-23(11-15-25)30-37(33,34)26-16-8-22(9-17-26)28(32)29-20-27(31-18-4-5-19-31)21-6-12-24(35-2)13-7-21/h6-17,27,30H,3-5,18-20H2,1-2H3,(H,29,32)/t27-/m0/s1. The van der Waals surface area contributed by atoms with Gasteiger partial charge in [0.2, 0.25) is 0 Å². The van der Waals surface area contributed by atoms with E-state index >= 15 is 0 Å². The summed E-state index contributed by atoms with van der Waals surface area (Å²) in [6.07, 6.45) is 2.28. The molecule has 2 N–H and O–H groups in total. The third kappa shape index (κ3) is 6.81. The molecule has 1 atom stereocenters. The molecular formula is C28H33N3O5S.